The van der Waals surface area contributed by atoms with E-state index in [0.717, 1.165) is 0 Å². The van der Waals surface area contributed by atoms with Crippen LogP contribution < -0.4 is 0 Å². The van der Waals surface area contributed by atoms with Gasteiger partial charge in [0.1, 0.15) is 0 Å². The van der Waals surface area contributed by atoms with Gasteiger partial charge in [0.05, 0.1) is 0 Å². The van der Waals surface area contributed by atoms with Crippen molar-refractivity contribution in [2.75, 3.05) is 0 Å². The fourth-order valence-corrected chi connectivity index (χ4v) is 0. The Morgan fingerprint density at radius 1 is 0.750 bits per heavy atom. The first-order valence-electron chi connectivity index (χ1n) is 0. The van der Waals surface area contributed by atoms with Gasteiger partial charge in [-0.2, -0.15) is 9.90 Å². The molecule has 0 bridgehead atoms. The molecular formula is H3PU2Y. The van der Waals surface area contributed by atoms with Crippen molar-refractivity contribution in [1.82, 2.24) is 0 Å². The molecule has 0 N–H and O–H groups in total. The summed E-state index contributed by atoms with van der Waals surface area (Å²) in [6.07, 6.45) is 0. The van der Waals surface area contributed by atoms with E-state index in [-0.39, 0.29) is 105 Å². The third-order valence-corrected chi connectivity index (χ3v) is 0. The van der Waals surface area contributed by atoms with E-state index < -0.39 is 0 Å². The van der Waals surface area contributed by atoms with E-state index in [0.29, 0.717) is 0 Å². The van der Waals surface area contributed by atoms with E-state index in [9.17, 15) is 0 Å². The quantitative estimate of drug-likeness (QED) is 0.346. The first-order chi connectivity index (χ1) is 0. The molecule has 0 aliphatic heterocycles. The molecule has 0 amide bonds. The molecule has 1 radical (unpaired) electrons. The summed E-state index contributed by atoms with van der Waals surface area (Å²) in [6, 6.07) is 0. The van der Waals surface area contributed by atoms with Crippen molar-refractivity contribution in [1.29, 1.82) is 0 Å². The van der Waals surface area contributed by atoms with Crippen LogP contribution in [0.15, 0.2) is 0 Å². The molecule has 0 aliphatic carbocycles. The zero-order chi connectivity index (χ0) is 0. The number of hydrogen-bond acceptors (Lipinski definition) is 0. The van der Waals surface area contributed by atoms with Gasteiger partial charge in [-0.05, 0) is 0 Å². The molecule has 19 valence electrons. The minimum Gasteiger partial charge on any atom is -0.153 e. The second-order valence-electron chi connectivity index (χ2n) is 0. The monoisotopic (exact) mass is 599 g/mol. The van der Waals surface area contributed by atoms with Crippen LogP contribution in [-0.4, -0.2) is 0 Å². The van der Waals surface area contributed by atoms with E-state index in [4.69, 9.17) is 0 Å². The van der Waals surface area contributed by atoms with Crippen LogP contribution in [0.3, 0.4) is 0 Å². The Bertz CT molecular complexity index is 6.00. The minimum atomic E-state index is 0. The van der Waals surface area contributed by atoms with Crippen LogP contribution >= 0.6 is 9.90 Å². The van der Waals surface area contributed by atoms with Crippen molar-refractivity contribution >= 4 is 9.90 Å². The molecule has 1 unspecified atom stereocenters. The van der Waals surface area contributed by atoms with Gasteiger partial charge in [-0.25, -0.2) is 0 Å². The average molecular weight is 599 g/mol. The number of hydrogen-bond donors (Lipinski definition) is 0. The third-order valence-electron chi connectivity index (χ3n) is 0. The van der Waals surface area contributed by atoms with E-state index in [1.165, 1.54) is 0 Å². The van der Waals surface area contributed by atoms with E-state index in [1.807, 2.05) is 0 Å². The maximum atomic E-state index is 0. The van der Waals surface area contributed by atoms with Crippen molar-refractivity contribution in [3.63, 3.8) is 0 Å². The van der Waals surface area contributed by atoms with E-state index >= 15 is 0 Å². The van der Waals surface area contributed by atoms with Crippen LogP contribution in [0.5, 0.6) is 0 Å². The van der Waals surface area contributed by atoms with Crippen molar-refractivity contribution < 1.29 is 94.9 Å². The molecule has 0 spiro atoms. The molecule has 1 atom stereocenters. The Balaban J connectivity index is 0. The smallest absolute Gasteiger partial charge is 0 e. The van der Waals surface area contributed by atoms with Crippen molar-refractivity contribution in [3.05, 3.63) is 0 Å². The summed E-state index contributed by atoms with van der Waals surface area (Å²) >= 11 is 0. The fourth-order valence-electron chi connectivity index (χ4n) is 0. The molecule has 4 heavy (non-hydrogen) atoms. The Morgan fingerprint density at radius 2 is 0.750 bits per heavy atom. The Hall–Kier alpha value is 3.64. The molecule has 0 aliphatic rings. The van der Waals surface area contributed by atoms with Crippen LogP contribution in [-0.2, 0) is 32.7 Å². The maximum Gasteiger partial charge on any atom is 0 e. The molecule has 4 heteroatoms. The maximum absolute atomic E-state index is 0. The van der Waals surface area contributed by atoms with Crippen LogP contribution in [0.4, 0.5) is 0 Å². The largest absolute Gasteiger partial charge is 0.153 e. The first kappa shape index (κ1) is 25.4. The van der Waals surface area contributed by atoms with Gasteiger partial charge in [-0.3, -0.25) is 0 Å². The molecule has 0 nitrogen and oxygen atoms in total. The van der Waals surface area contributed by atoms with E-state index in [2.05, 4.69) is 0 Å². The molecule has 0 aromatic heterocycles. The zero-order valence-corrected chi connectivity index (χ0v) is 14.9. The summed E-state index contributed by atoms with van der Waals surface area (Å²) in [6.45, 7) is 0. The van der Waals surface area contributed by atoms with E-state index in [1.54, 1.807) is 0 Å². The summed E-state index contributed by atoms with van der Waals surface area (Å²) in [5.74, 6) is 0. The topological polar surface area (TPSA) is 0 Å². The van der Waals surface area contributed by atoms with Crippen molar-refractivity contribution in [2.45, 2.75) is 0 Å². The van der Waals surface area contributed by atoms with Gasteiger partial charge < -0.3 is 0 Å². The van der Waals surface area contributed by atoms with Crippen molar-refractivity contribution in [2.24, 2.45) is 0 Å². The molecule has 0 saturated carbocycles. The third kappa shape index (κ3) is 9.16. The summed E-state index contributed by atoms with van der Waals surface area (Å²) < 4.78 is 0. The first-order valence-corrected chi connectivity index (χ1v) is 0. The summed E-state index contributed by atoms with van der Waals surface area (Å²) in [5, 5.41) is 0. The average Bonchev–Trinajstić information content (AvgIpc) is 0. The fraction of sp³-hybridized carbons (Fsp3) is 0. The van der Waals surface area contributed by atoms with Gasteiger partial charge in [-0.1, -0.05) is 0 Å². The van der Waals surface area contributed by atoms with Crippen LogP contribution in [0, 0.1) is 62.2 Å². The standard InChI is InChI=1S/H3P.2U.Y/h1H3;;;. The van der Waals surface area contributed by atoms with Gasteiger partial charge in [-0.15, -0.1) is 0 Å². The normalized spacial score (nSPS) is 0. The summed E-state index contributed by atoms with van der Waals surface area (Å²) in [7, 11) is 0. The molecule has 0 heterocycles. The molecule has 0 saturated heterocycles. The minimum absolute atomic E-state index is 0. The second kappa shape index (κ2) is 15.9. The molecule has 0 aromatic carbocycles. The van der Waals surface area contributed by atoms with Gasteiger partial charge >= 0.3 is 0 Å². The van der Waals surface area contributed by atoms with Gasteiger partial charge in [0, 0.05) is 94.9 Å². The molecule has 0 aromatic rings. The van der Waals surface area contributed by atoms with Crippen LogP contribution in [0.25, 0.3) is 0 Å². The molecular weight excluding hydrogens is 596 g/mol. The predicted molar refractivity (Wildman–Crippen MR) is 11.1 cm³/mol. The van der Waals surface area contributed by atoms with Gasteiger partial charge in [0.2, 0.25) is 0 Å². The Kier molecular flexibility index (Phi) is 101. The predicted octanol–water partition coefficient (Wildman–Crippen LogP) is 0.0556. The zero-order valence-electron chi connectivity index (χ0n) is 2.28. The van der Waals surface area contributed by atoms with Crippen molar-refractivity contribution in [3.8, 4) is 0 Å². The number of rotatable bonds is 0. The van der Waals surface area contributed by atoms with Crippen LogP contribution in [0.2, 0.25) is 0 Å². The Labute approximate surface area is 102 Å². The second-order valence-corrected chi connectivity index (χ2v) is 0. The van der Waals surface area contributed by atoms with Gasteiger partial charge in [0.25, 0.3) is 0 Å². The summed E-state index contributed by atoms with van der Waals surface area (Å²) in [4.78, 5) is 0. The summed E-state index contributed by atoms with van der Waals surface area (Å²) in [5.41, 5.74) is 0. The SMILES string of the molecule is P.[U].[U].[Y]. The Morgan fingerprint density at radius 3 is 0.750 bits per heavy atom. The molecule has 0 rings (SSSR count). The van der Waals surface area contributed by atoms with Gasteiger partial charge in [0.15, 0.2) is 0 Å². The van der Waals surface area contributed by atoms with Crippen LogP contribution in [0.1, 0.15) is 0 Å². The molecule has 0 fully saturated rings.